The highest BCUT2D eigenvalue weighted by Crippen LogP contribution is 2.39. The van der Waals surface area contributed by atoms with Gasteiger partial charge in [-0.3, -0.25) is 14.4 Å². The van der Waals surface area contributed by atoms with Crippen molar-refractivity contribution in [2.24, 2.45) is 5.92 Å². The van der Waals surface area contributed by atoms with Crippen molar-refractivity contribution >= 4 is 23.3 Å². The van der Waals surface area contributed by atoms with Gasteiger partial charge in [-0.05, 0) is 42.8 Å². The fraction of sp³-hybridized carbons (Fsp3) is 0.286. The molecule has 2 amide bonds. The van der Waals surface area contributed by atoms with Crippen molar-refractivity contribution in [2.75, 3.05) is 12.4 Å². The van der Waals surface area contributed by atoms with Crippen LogP contribution in [0.5, 0.6) is 5.75 Å². The lowest BCUT2D eigenvalue weighted by atomic mass is 9.76. The van der Waals surface area contributed by atoms with Gasteiger partial charge in [0.25, 0.3) is 0 Å². The SMILES string of the molecule is COc1ccc(NC(=O)[C@@H]2CC(=O)NC3=C2C(=O)C[C@@H](c2ccco2)C3)cc1. The number of carbonyl (C=O) groups is 3. The van der Waals surface area contributed by atoms with Crippen LogP contribution in [0.3, 0.4) is 0 Å². The second-order valence-electron chi connectivity index (χ2n) is 6.96. The molecule has 144 valence electrons. The molecular weight excluding hydrogens is 360 g/mol. The first-order valence-electron chi connectivity index (χ1n) is 9.09. The van der Waals surface area contributed by atoms with Crippen molar-refractivity contribution in [3.8, 4) is 5.75 Å². The summed E-state index contributed by atoms with van der Waals surface area (Å²) in [5.74, 6) is -0.303. The van der Waals surface area contributed by atoms with E-state index in [1.165, 1.54) is 0 Å². The summed E-state index contributed by atoms with van der Waals surface area (Å²) < 4.78 is 10.5. The number of anilines is 1. The van der Waals surface area contributed by atoms with Gasteiger partial charge in [-0.15, -0.1) is 0 Å². The number of furan rings is 1. The number of allylic oxidation sites excluding steroid dienone is 1. The van der Waals surface area contributed by atoms with Crippen LogP contribution in [0.1, 0.15) is 30.9 Å². The molecule has 28 heavy (non-hydrogen) atoms. The molecule has 2 atom stereocenters. The third-order valence-corrected chi connectivity index (χ3v) is 5.16. The molecule has 0 saturated heterocycles. The van der Waals surface area contributed by atoms with Crippen LogP contribution in [-0.4, -0.2) is 24.7 Å². The summed E-state index contributed by atoms with van der Waals surface area (Å²) in [5, 5.41) is 5.58. The van der Waals surface area contributed by atoms with Gasteiger partial charge in [-0.25, -0.2) is 0 Å². The predicted molar refractivity (Wildman–Crippen MR) is 101 cm³/mol. The van der Waals surface area contributed by atoms with E-state index in [1.54, 1.807) is 43.7 Å². The van der Waals surface area contributed by atoms with Gasteiger partial charge in [-0.2, -0.15) is 0 Å². The maximum Gasteiger partial charge on any atom is 0.232 e. The Morgan fingerprint density at radius 3 is 2.61 bits per heavy atom. The lowest BCUT2D eigenvalue weighted by Gasteiger charge is -2.32. The summed E-state index contributed by atoms with van der Waals surface area (Å²) in [4.78, 5) is 37.9. The zero-order valence-electron chi connectivity index (χ0n) is 15.4. The monoisotopic (exact) mass is 380 g/mol. The van der Waals surface area contributed by atoms with E-state index < -0.39 is 5.92 Å². The molecule has 2 aliphatic rings. The first-order valence-corrected chi connectivity index (χ1v) is 9.09. The average molecular weight is 380 g/mol. The lowest BCUT2D eigenvalue weighted by Crippen LogP contribution is -2.43. The zero-order valence-corrected chi connectivity index (χ0v) is 15.4. The minimum atomic E-state index is -0.795. The van der Waals surface area contributed by atoms with Crippen LogP contribution in [0, 0.1) is 5.92 Å². The fourth-order valence-corrected chi connectivity index (χ4v) is 3.81. The molecular formula is C21H20N2O5. The number of amides is 2. The predicted octanol–water partition coefficient (Wildman–Crippen LogP) is 2.76. The first kappa shape index (κ1) is 18.0. The van der Waals surface area contributed by atoms with Gasteiger partial charge in [-0.1, -0.05) is 0 Å². The van der Waals surface area contributed by atoms with Crippen molar-refractivity contribution < 1.29 is 23.5 Å². The van der Waals surface area contributed by atoms with E-state index in [0.717, 1.165) is 0 Å². The number of Topliss-reactive ketones (excluding diaryl/α,β-unsaturated/α-hetero) is 1. The van der Waals surface area contributed by atoms with E-state index in [1.807, 2.05) is 6.07 Å². The van der Waals surface area contributed by atoms with Crippen LogP contribution in [0.15, 0.2) is 58.3 Å². The quantitative estimate of drug-likeness (QED) is 0.850. The Hall–Kier alpha value is -3.35. The average Bonchev–Trinajstić information content (AvgIpc) is 3.22. The van der Waals surface area contributed by atoms with Crippen LogP contribution in [0.25, 0.3) is 0 Å². The van der Waals surface area contributed by atoms with Gasteiger partial charge in [0.1, 0.15) is 11.5 Å². The Morgan fingerprint density at radius 2 is 1.93 bits per heavy atom. The molecule has 1 aliphatic carbocycles. The van der Waals surface area contributed by atoms with E-state index in [9.17, 15) is 14.4 Å². The third-order valence-electron chi connectivity index (χ3n) is 5.16. The molecule has 0 saturated carbocycles. The summed E-state index contributed by atoms with van der Waals surface area (Å²) in [6, 6.07) is 10.5. The van der Waals surface area contributed by atoms with E-state index in [2.05, 4.69) is 10.6 Å². The third kappa shape index (κ3) is 3.43. The molecule has 1 aliphatic heterocycles. The molecule has 2 aromatic rings. The van der Waals surface area contributed by atoms with Crippen molar-refractivity contribution in [3.63, 3.8) is 0 Å². The number of ketones is 1. The van der Waals surface area contributed by atoms with E-state index >= 15 is 0 Å². The first-order chi connectivity index (χ1) is 13.5. The van der Waals surface area contributed by atoms with Crippen molar-refractivity contribution in [3.05, 3.63) is 59.7 Å². The summed E-state index contributed by atoms with van der Waals surface area (Å²) in [6.07, 6.45) is 2.24. The second-order valence-corrected chi connectivity index (χ2v) is 6.96. The number of hydrogen-bond acceptors (Lipinski definition) is 5. The van der Waals surface area contributed by atoms with E-state index in [0.29, 0.717) is 34.9 Å². The smallest absolute Gasteiger partial charge is 0.232 e. The number of hydrogen-bond donors (Lipinski definition) is 2. The summed E-state index contributed by atoms with van der Waals surface area (Å²) >= 11 is 0. The summed E-state index contributed by atoms with van der Waals surface area (Å²) in [5.41, 5.74) is 1.52. The highest BCUT2D eigenvalue weighted by molar-refractivity contribution is 6.09. The molecule has 2 N–H and O–H groups in total. The van der Waals surface area contributed by atoms with Crippen LogP contribution in [-0.2, 0) is 14.4 Å². The van der Waals surface area contributed by atoms with Gasteiger partial charge in [0, 0.05) is 35.7 Å². The molecule has 0 spiro atoms. The van der Waals surface area contributed by atoms with Gasteiger partial charge in [0.05, 0.1) is 19.3 Å². The number of benzene rings is 1. The minimum absolute atomic E-state index is 0.0437. The molecule has 0 fully saturated rings. The molecule has 2 heterocycles. The summed E-state index contributed by atoms with van der Waals surface area (Å²) in [7, 11) is 1.56. The lowest BCUT2D eigenvalue weighted by molar-refractivity contribution is -0.129. The number of nitrogens with one attached hydrogen (secondary N) is 2. The fourth-order valence-electron chi connectivity index (χ4n) is 3.81. The van der Waals surface area contributed by atoms with Gasteiger partial charge in [0.2, 0.25) is 11.8 Å². The van der Waals surface area contributed by atoms with Gasteiger partial charge < -0.3 is 19.8 Å². The van der Waals surface area contributed by atoms with Crippen LogP contribution < -0.4 is 15.4 Å². The summed E-state index contributed by atoms with van der Waals surface area (Å²) in [6.45, 7) is 0. The Morgan fingerprint density at radius 1 is 1.14 bits per heavy atom. The normalized spacial score (nSPS) is 21.8. The molecule has 7 heteroatoms. The Bertz CT molecular complexity index is 944. The van der Waals surface area contributed by atoms with Crippen molar-refractivity contribution in [2.45, 2.75) is 25.2 Å². The molecule has 1 aromatic heterocycles. The largest absolute Gasteiger partial charge is 0.497 e. The topological polar surface area (TPSA) is 97.6 Å². The number of rotatable bonds is 4. The molecule has 7 nitrogen and oxygen atoms in total. The Labute approximate surface area is 161 Å². The second kappa shape index (κ2) is 7.34. The number of methoxy groups -OCH3 is 1. The Balaban J connectivity index is 1.57. The van der Waals surface area contributed by atoms with Gasteiger partial charge >= 0.3 is 0 Å². The molecule has 4 rings (SSSR count). The van der Waals surface area contributed by atoms with Crippen LogP contribution in [0.4, 0.5) is 5.69 Å². The highest BCUT2D eigenvalue weighted by Gasteiger charge is 2.41. The van der Waals surface area contributed by atoms with E-state index in [4.69, 9.17) is 9.15 Å². The molecule has 0 bridgehead atoms. The standard InChI is InChI=1S/C21H20N2O5/c1-27-14-6-4-13(5-7-14)22-21(26)15-11-19(25)23-16-9-12(10-17(24)20(15)16)18-3-2-8-28-18/h2-8,12,15H,9-11H2,1H3,(H,22,26)(H,23,25)/t12-,15+/m0/s1. The molecule has 1 aromatic carbocycles. The minimum Gasteiger partial charge on any atom is -0.497 e. The van der Waals surface area contributed by atoms with Crippen molar-refractivity contribution in [1.29, 1.82) is 0 Å². The van der Waals surface area contributed by atoms with Crippen LogP contribution in [0.2, 0.25) is 0 Å². The molecule has 0 unspecified atom stereocenters. The van der Waals surface area contributed by atoms with Crippen molar-refractivity contribution in [1.82, 2.24) is 5.32 Å². The van der Waals surface area contributed by atoms with E-state index in [-0.39, 0.29) is 36.4 Å². The highest BCUT2D eigenvalue weighted by atomic mass is 16.5. The maximum absolute atomic E-state index is 12.9. The number of ether oxygens (including phenoxy) is 1. The maximum atomic E-state index is 12.9. The van der Waals surface area contributed by atoms with Gasteiger partial charge in [0.15, 0.2) is 5.78 Å². The number of carbonyl (C=O) groups excluding carboxylic acids is 3. The Kier molecular flexibility index (Phi) is 4.73. The zero-order chi connectivity index (χ0) is 19.7. The molecule has 0 radical (unpaired) electrons. The van der Waals surface area contributed by atoms with Crippen LogP contribution >= 0.6 is 0 Å².